The van der Waals surface area contributed by atoms with Crippen LogP contribution in [-0.2, 0) is 9.59 Å². The Balaban J connectivity index is 2.11. The van der Waals surface area contributed by atoms with E-state index in [1.54, 1.807) is 4.90 Å². The Morgan fingerprint density at radius 1 is 1.29 bits per heavy atom. The minimum Gasteiger partial charge on any atom is -0.480 e. The second-order valence-corrected chi connectivity index (χ2v) is 5.35. The molecule has 2 fully saturated rings. The van der Waals surface area contributed by atoms with Crippen molar-refractivity contribution in [3.8, 4) is 0 Å². The van der Waals surface area contributed by atoms with Crippen molar-refractivity contribution < 1.29 is 14.7 Å². The van der Waals surface area contributed by atoms with E-state index in [4.69, 9.17) is 5.11 Å². The van der Waals surface area contributed by atoms with Crippen LogP contribution in [0.4, 0.5) is 0 Å². The van der Waals surface area contributed by atoms with Gasteiger partial charge in [-0.15, -0.1) is 0 Å². The molecule has 1 heterocycles. The van der Waals surface area contributed by atoms with Crippen molar-refractivity contribution in [1.82, 2.24) is 9.80 Å². The number of carboxylic acids is 1. The molecule has 1 saturated carbocycles. The van der Waals surface area contributed by atoms with Gasteiger partial charge in [0.2, 0.25) is 5.91 Å². The normalized spacial score (nSPS) is 28.6. The topological polar surface area (TPSA) is 60.9 Å². The number of aliphatic carboxylic acids is 1. The van der Waals surface area contributed by atoms with Crippen LogP contribution in [0.15, 0.2) is 0 Å². The smallest absolute Gasteiger partial charge is 0.319 e. The van der Waals surface area contributed by atoms with Crippen LogP contribution in [0.3, 0.4) is 0 Å². The first kappa shape index (κ1) is 12.4. The van der Waals surface area contributed by atoms with Gasteiger partial charge in [0.1, 0.15) is 5.41 Å². The summed E-state index contributed by atoms with van der Waals surface area (Å²) in [5.74, 6) is -1.12. The van der Waals surface area contributed by atoms with Gasteiger partial charge in [-0.2, -0.15) is 0 Å². The number of nitrogens with zero attached hydrogens (tertiary/aromatic N) is 2. The van der Waals surface area contributed by atoms with Gasteiger partial charge in [-0.25, -0.2) is 0 Å². The van der Waals surface area contributed by atoms with Crippen LogP contribution in [0.1, 0.15) is 26.2 Å². The Bertz CT molecular complexity index is 339. The molecule has 0 spiro atoms. The average molecular weight is 240 g/mol. The van der Waals surface area contributed by atoms with E-state index in [0.717, 1.165) is 19.5 Å². The monoisotopic (exact) mass is 240 g/mol. The highest BCUT2D eigenvalue weighted by atomic mass is 16.4. The largest absolute Gasteiger partial charge is 0.480 e. The molecule has 0 bridgehead atoms. The van der Waals surface area contributed by atoms with Gasteiger partial charge < -0.3 is 14.9 Å². The highest BCUT2D eigenvalue weighted by Crippen LogP contribution is 2.47. The Labute approximate surface area is 101 Å². The molecule has 17 heavy (non-hydrogen) atoms. The summed E-state index contributed by atoms with van der Waals surface area (Å²) in [6, 6.07) is 0.104. The van der Waals surface area contributed by atoms with E-state index in [-0.39, 0.29) is 11.9 Å². The highest BCUT2D eigenvalue weighted by molar-refractivity contribution is 6.04. The molecule has 1 amide bonds. The Kier molecular flexibility index (Phi) is 3.12. The van der Waals surface area contributed by atoms with Gasteiger partial charge in [0.05, 0.1) is 0 Å². The molecule has 1 atom stereocenters. The zero-order valence-corrected chi connectivity index (χ0v) is 10.5. The summed E-state index contributed by atoms with van der Waals surface area (Å²) >= 11 is 0. The summed E-state index contributed by atoms with van der Waals surface area (Å²) in [7, 11) is 2.04. The van der Waals surface area contributed by atoms with Crippen LogP contribution < -0.4 is 0 Å². The Hall–Kier alpha value is -1.10. The summed E-state index contributed by atoms with van der Waals surface area (Å²) in [4.78, 5) is 27.4. The van der Waals surface area contributed by atoms with Crippen LogP contribution in [0.5, 0.6) is 0 Å². The molecule has 5 heteroatoms. The number of carboxylic acid groups (broad SMARTS) is 1. The zero-order chi connectivity index (χ0) is 12.6. The van der Waals surface area contributed by atoms with Gasteiger partial charge in [0, 0.05) is 19.1 Å². The molecule has 96 valence electrons. The minimum atomic E-state index is -1.09. The average Bonchev–Trinajstić information content (AvgIpc) is 3.03. The predicted molar refractivity (Wildman–Crippen MR) is 62.6 cm³/mol. The van der Waals surface area contributed by atoms with Crippen molar-refractivity contribution in [2.75, 3.05) is 26.7 Å². The van der Waals surface area contributed by atoms with Crippen molar-refractivity contribution in [3.63, 3.8) is 0 Å². The molecule has 1 aliphatic heterocycles. The number of carbonyl (C=O) groups is 2. The van der Waals surface area contributed by atoms with Gasteiger partial charge in [0.15, 0.2) is 0 Å². The maximum Gasteiger partial charge on any atom is 0.319 e. The highest BCUT2D eigenvalue weighted by Gasteiger charge is 2.59. The summed E-state index contributed by atoms with van der Waals surface area (Å²) in [5.41, 5.74) is -1.09. The minimum absolute atomic E-state index is 0.104. The molecule has 0 radical (unpaired) electrons. The van der Waals surface area contributed by atoms with Gasteiger partial charge in [-0.05, 0) is 39.8 Å². The lowest BCUT2D eigenvalue weighted by molar-refractivity contribution is -0.154. The SMILES string of the molecule is CC1CN(C)CCCN1C(=O)C1(C(=O)O)CC1. The number of hydrogen-bond donors (Lipinski definition) is 1. The third-order valence-corrected chi connectivity index (χ3v) is 3.88. The molecule has 1 N–H and O–H groups in total. The van der Waals surface area contributed by atoms with Crippen LogP contribution in [0, 0.1) is 5.41 Å². The lowest BCUT2D eigenvalue weighted by Crippen LogP contribution is -2.47. The molecule has 0 aromatic rings. The number of hydrogen-bond acceptors (Lipinski definition) is 3. The Morgan fingerprint density at radius 2 is 1.94 bits per heavy atom. The fourth-order valence-electron chi connectivity index (χ4n) is 2.59. The second-order valence-electron chi connectivity index (χ2n) is 5.35. The summed E-state index contributed by atoms with van der Waals surface area (Å²) < 4.78 is 0. The fraction of sp³-hybridized carbons (Fsp3) is 0.833. The quantitative estimate of drug-likeness (QED) is 0.710. The molecule has 5 nitrogen and oxygen atoms in total. The lowest BCUT2D eigenvalue weighted by Gasteiger charge is -2.30. The fourth-order valence-corrected chi connectivity index (χ4v) is 2.59. The third kappa shape index (κ3) is 2.16. The van der Waals surface area contributed by atoms with E-state index in [9.17, 15) is 9.59 Å². The first-order chi connectivity index (χ1) is 7.97. The van der Waals surface area contributed by atoms with Crippen LogP contribution >= 0.6 is 0 Å². The number of carbonyl (C=O) groups excluding carboxylic acids is 1. The maximum atomic E-state index is 12.3. The van der Waals surface area contributed by atoms with E-state index < -0.39 is 11.4 Å². The van der Waals surface area contributed by atoms with Gasteiger partial charge in [-0.1, -0.05) is 0 Å². The summed E-state index contributed by atoms with van der Waals surface area (Å²) in [6.07, 6.45) is 1.92. The van der Waals surface area contributed by atoms with Crippen molar-refractivity contribution >= 4 is 11.9 Å². The van der Waals surface area contributed by atoms with E-state index in [0.29, 0.717) is 19.4 Å². The van der Waals surface area contributed by atoms with E-state index in [1.165, 1.54) is 0 Å². The molecular formula is C12H20N2O3. The first-order valence-electron chi connectivity index (χ1n) is 6.20. The molecule has 0 aromatic heterocycles. The summed E-state index contributed by atoms with van der Waals surface area (Å²) in [6.45, 7) is 4.46. The molecule has 2 aliphatic rings. The van der Waals surface area contributed by atoms with E-state index in [1.807, 2.05) is 14.0 Å². The van der Waals surface area contributed by atoms with Crippen LogP contribution in [0.25, 0.3) is 0 Å². The van der Waals surface area contributed by atoms with Crippen molar-refractivity contribution in [3.05, 3.63) is 0 Å². The van der Waals surface area contributed by atoms with Gasteiger partial charge in [-0.3, -0.25) is 9.59 Å². The number of amides is 1. The van der Waals surface area contributed by atoms with Gasteiger partial charge >= 0.3 is 5.97 Å². The van der Waals surface area contributed by atoms with Crippen LogP contribution in [-0.4, -0.2) is 59.5 Å². The molecule has 0 aromatic carbocycles. The number of likely N-dealkylation sites (N-methyl/N-ethyl adjacent to an activating group) is 1. The molecule has 1 saturated heterocycles. The lowest BCUT2D eigenvalue weighted by atomic mass is 10.0. The summed E-state index contributed by atoms with van der Waals surface area (Å²) in [5, 5.41) is 9.16. The zero-order valence-electron chi connectivity index (χ0n) is 10.5. The third-order valence-electron chi connectivity index (χ3n) is 3.88. The standard InChI is InChI=1S/C12H20N2O3/c1-9-8-13(2)6-3-7-14(9)10(15)12(4-5-12)11(16)17/h9H,3-8H2,1-2H3,(H,16,17). The molecule has 1 unspecified atom stereocenters. The molecule has 2 rings (SSSR count). The van der Waals surface area contributed by atoms with Crippen molar-refractivity contribution in [1.29, 1.82) is 0 Å². The van der Waals surface area contributed by atoms with E-state index >= 15 is 0 Å². The number of rotatable bonds is 2. The molecule has 1 aliphatic carbocycles. The van der Waals surface area contributed by atoms with Crippen molar-refractivity contribution in [2.24, 2.45) is 5.41 Å². The predicted octanol–water partition coefficient (Wildman–Crippen LogP) is 0.404. The second kappa shape index (κ2) is 4.29. The first-order valence-corrected chi connectivity index (χ1v) is 6.20. The molecular weight excluding hydrogens is 220 g/mol. The van der Waals surface area contributed by atoms with Gasteiger partial charge in [0.25, 0.3) is 0 Å². The Morgan fingerprint density at radius 3 is 2.47 bits per heavy atom. The maximum absolute atomic E-state index is 12.3. The van der Waals surface area contributed by atoms with Crippen molar-refractivity contribution in [2.45, 2.75) is 32.2 Å². The van der Waals surface area contributed by atoms with Crippen LogP contribution in [0.2, 0.25) is 0 Å². The van der Waals surface area contributed by atoms with E-state index in [2.05, 4.69) is 4.90 Å².